The van der Waals surface area contributed by atoms with E-state index in [2.05, 4.69) is 29.0 Å². The lowest BCUT2D eigenvalue weighted by Crippen LogP contribution is -2.12. The van der Waals surface area contributed by atoms with Crippen molar-refractivity contribution in [2.75, 3.05) is 7.11 Å². The van der Waals surface area contributed by atoms with E-state index in [1.807, 2.05) is 54.6 Å². The van der Waals surface area contributed by atoms with E-state index in [1.54, 1.807) is 12.1 Å². The number of rotatable bonds is 4. The van der Waals surface area contributed by atoms with Crippen molar-refractivity contribution in [1.82, 2.24) is 4.98 Å². The van der Waals surface area contributed by atoms with Crippen LogP contribution in [0, 0.1) is 11.8 Å². The van der Waals surface area contributed by atoms with E-state index in [1.165, 1.54) is 12.7 Å². The molecule has 1 aromatic heterocycles. The number of carbonyl (C=O) groups is 1. The van der Waals surface area contributed by atoms with Crippen LogP contribution in [0.2, 0.25) is 0 Å². The second-order valence-electron chi connectivity index (χ2n) is 7.26. The number of methoxy groups -OCH3 is 1. The lowest BCUT2D eigenvalue weighted by Gasteiger charge is -2.06. The fraction of sp³-hybridized carbons (Fsp3) is 0.111. The Kier molecular flexibility index (Phi) is 5.96. The van der Waals surface area contributed by atoms with Gasteiger partial charge in [-0.25, -0.2) is 4.79 Å². The normalized spacial score (nSPS) is 10.4. The molecule has 1 N–H and O–H groups in total. The Morgan fingerprint density at radius 1 is 0.935 bits per heavy atom. The zero-order valence-corrected chi connectivity index (χ0v) is 17.1. The van der Waals surface area contributed by atoms with Crippen molar-refractivity contribution in [3.05, 3.63) is 117 Å². The van der Waals surface area contributed by atoms with Crippen molar-refractivity contribution in [2.24, 2.45) is 0 Å². The first-order chi connectivity index (χ1) is 15.1. The number of aromatic nitrogens is 1. The highest BCUT2D eigenvalue weighted by molar-refractivity contribution is 5.89. The van der Waals surface area contributed by atoms with Crippen LogP contribution in [0.25, 0.3) is 10.9 Å². The van der Waals surface area contributed by atoms with Gasteiger partial charge < -0.3 is 9.72 Å². The Balaban J connectivity index is 1.57. The Bertz CT molecular complexity index is 1340. The maximum atomic E-state index is 12.5. The first-order valence-electron chi connectivity index (χ1n) is 9.98. The molecule has 3 aromatic carbocycles. The van der Waals surface area contributed by atoms with E-state index in [9.17, 15) is 9.59 Å². The van der Waals surface area contributed by atoms with Gasteiger partial charge in [-0.15, -0.1) is 0 Å². The molecule has 4 aromatic rings. The summed E-state index contributed by atoms with van der Waals surface area (Å²) in [6, 6.07) is 24.9. The molecule has 4 nitrogen and oxygen atoms in total. The van der Waals surface area contributed by atoms with E-state index in [0.717, 1.165) is 22.0 Å². The second-order valence-corrected chi connectivity index (χ2v) is 7.26. The lowest BCUT2D eigenvalue weighted by molar-refractivity contribution is 0.0600. The van der Waals surface area contributed by atoms with Gasteiger partial charge in [-0.2, -0.15) is 0 Å². The third-order valence-corrected chi connectivity index (χ3v) is 5.06. The molecule has 0 fully saturated rings. The molecule has 152 valence electrons. The van der Waals surface area contributed by atoms with Crippen LogP contribution < -0.4 is 5.56 Å². The summed E-state index contributed by atoms with van der Waals surface area (Å²) in [7, 11) is 1.35. The quantitative estimate of drug-likeness (QED) is 0.400. The molecular weight excluding hydrogens is 386 g/mol. The van der Waals surface area contributed by atoms with Crippen LogP contribution in [0.1, 0.15) is 32.6 Å². The van der Waals surface area contributed by atoms with Crippen molar-refractivity contribution in [2.45, 2.75) is 12.8 Å². The molecule has 0 atom stereocenters. The standard InChI is InChI=1S/C27H21NO3/c1-31-27(30)22-13-10-21(11-14-22)17-24-18-23-16-20(12-15-25(23)28-26(24)29)9-5-8-19-6-3-2-4-7-19/h2-4,6-7,10-16,18H,8,17H2,1H3,(H,28,29). The van der Waals surface area contributed by atoms with Gasteiger partial charge in [-0.1, -0.05) is 54.3 Å². The van der Waals surface area contributed by atoms with Gasteiger partial charge >= 0.3 is 5.97 Å². The van der Waals surface area contributed by atoms with Gasteiger partial charge in [0.2, 0.25) is 0 Å². The average molecular weight is 407 g/mol. The summed E-state index contributed by atoms with van der Waals surface area (Å²) in [5, 5.41) is 0.937. The fourth-order valence-corrected chi connectivity index (χ4v) is 3.40. The van der Waals surface area contributed by atoms with Crippen molar-refractivity contribution in [3.63, 3.8) is 0 Å². The monoisotopic (exact) mass is 407 g/mol. The van der Waals surface area contributed by atoms with Crippen molar-refractivity contribution < 1.29 is 9.53 Å². The van der Waals surface area contributed by atoms with Crippen molar-refractivity contribution >= 4 is 16.9 Å². The third-order valence-electron chi connectivity index (χ3n) is 5.06. The highest BCUT2D eigenvalue weighted by Gasteiger charge is 2.08. The number of esters is 1. The molecule has 0 saturated carbocycles. The van der Waals surface area contributed by atoms with Crippen LogP contribution in [0.5, 0.6) is 0 Å². The number of aromatic amines is 1. The van der Waals surface area contributed by atoms with Crippen LogP contribution >= 0.6 is 0 Å². The molecule has 0 aliphatic heterocycles. The zero-order valence-electron chi connectivity index (χ0n) is 17.1. The second kappa shape index (κ2) is 9.15. The number of H-pyrrole nitrogens is 1. The number of hydrogen-bond donors (Lipinski definition) is 1. The van der Waals surface area contributed by atoms with E-state index in [-0.39, 0.29) is 11.5 Å². The summed E-state index contributed by atoms with van der Waals surface area (Å²) in [6.07, 6.45) is 1.16. The van der Waals surface area contributed by atoms with Gasteiger partial charge in [0, 0.05) is 29.5 Å². The fourth-order valence-electron chi connectivity index (χ4n) is 3.40. The highest BCUT2D eigenvalue weighted by atomic mass is 16.5. The Labute approximate surface area is 180 Å². The molecule has 0 aliphatic carbocycles. The lowest BCUT2D eigenvalue weighted by atomic mass is 10.0. The molecule has 4 heteroatoms. The van der Waals surface area contributed by atoms with Crippen molar-refractivity contribution in [1.29, 1.82) is 0 Å². The number of hydrogen-bond acceptors (Lipinski definition) is 3. The van der Waals surface area contributed by atoms with Gasteiger partial charge in [-0.05, 0) is 52.9 Å². The Hall–Kier alpha value is -4.10. The molecule has 0 saturated heterocycles. The molecule has 0 bridgehead atoms. The summed E-state index contributed by atoms with van der Waals surface area (Å²) in [6.45, 7) is 0. The van der Waals surface area contributed by atoms with E-state index in [4.69, 9.17) is 4.74 Å². The van der Waals surface area contributed by atoms with Gasteiger partial charge in [0.1, 0.15) is 0 Å². The minimum Gasteiger partial charge on any atom is -0.465 e. The largest absolute Gasteiger partial charge is 0.465 e. The molecule has 0 unspecified atom stereocenters. The van der Waals surface area contributed by atoms with Gasteiger partial charge in [0.25, 0.3) is 5.56 Å². The minimum atomic E-state index is -0.379. The smallest absolute Gasteiger partial charge is 0.337 e. The van der Waals surface area contributed by atoms with Crippen molar-refractivity contribution in [3.8, 4) is 11.8 Å². The van der Waals surface area contributed by atoms with Gasteiger partial charge in [0.05, 0.1) is 12.7 Å². The number of carbonyl (C=O) groups excluding carboxylic acids is 1. The van der Waals surface area contributed by atoms with Crippen LogP contribution in [0.4, 0.5) is 0 Å². The Morgan fingerprint density at radius 3 is 2.45 bits per heavy atom. The molecule has 4 rings (SSSR count). The number of benzene rings is 3. The molecule has 0 aliphatic rings. The molecule has 1 heterocycles. The summed E-state index contributed by atoms with van der Waals surface area (Å²) in [5.74, 6) is 6.03. The molecule has 0 radical (unpaired) electrons. The number of ether oxygens (including phenoxy) is 1. The first kappa shape index (κ1) is 20.2. The third kappa shape index (κ3) is 4.91. The maximum absolute atomic E-state index is 12.5. The van der Waals surface area contributed by atoms with Gasteiger partial charge in [0.15, 0.2) is 0 Å². The molecule has 31 heavy (non-hydrogen) atoms. The predicted molar refractivity (Wildman–Crippen MR) is 122 cm³/mol. The number of nitrogens with one attached hydrogen (secondary N) is 1. The maximum Gasteiger partial charge on any atom is 0.337 e. The number of fused-ring (bicyclic) bond motifs is 1. The van der Waals surface area contributed by atoms with E-state index in [0.29, 0.717) is 24.0 Å². The molecule has 0 spiro atoms. The number of pyridine rings is 1. The molecule has 0 amide bonds. The van der Waals surface area contributed by atoms with Gasteiger partial charge in [-0.3, -0.25) is 4.79 Å². The van der Waals surface area contributed by atoms with Crippen LogP contribution in [-0.4, -0.2) is 18.1 Å². The Morgan fingerprint density at radius 2 is 1.71 bits per heavy atom. The topological polar surface area (TPSA) is 59.2 Å². The zero-order chi connectivity index (χ0) is 21.6. The molecular formula is C27H21NO3. The minimum absolute atomic E-state index is 0.118. The van der Waals surface area contributed by atoms with Crippen LogP contribution in [0.15, 0.2) is 83.7 Å². The highest BCUT2D eigenvalue weighted by Crippen LogP contribution is 2.16. The summed E-state index contributed by atoms with van der Waals surface area (Å²) in [5.41, 5.74) is 4.83. The average Bonchev–Trinajstić information content (AvgIpc) is 2.80. The SMILES string of the molecule is COC(=O)c1ccc(Cc2cc3cc(C#CCc4ccccc4)ccc3[nH]c2=O)cc1. The van der Waals surface area contributed by atoms with Crippen LogP contribution in [-0.2, 0) is 17.6 Å². The van der Waals surface area contributed by atoms with Crippen LogP contribution in [0.3, 0.4) is 0 Å². The summed E-state index contributed by atoms with van der Waals surface area (Å²) >= 11 is 0. The first-order valence-corrected chi connectivity index (χ1v) is 9.98. The van der Waals surface area contributed by atoms with E-state index < -0.39 is 0 Å². The summed E-state index contributed by atoms with van der Waals surface area (Å²) in [4.78, 5) is 27.0. The van der Waals surface area contributed by atoms with E-state index >= 15 is 0 Å². The predicted octanol–water partition coefficient (Wildman–Crippen LogP) is 4.50. The summed E-state index contributed by atoms with van der Waals surface area (Å²) < 4.78 is 4.72.